The van der Waals surface area contributed by atoms with Gasteiger partial charge in [0.15, 0.2) is 5.65 Å². The van der Waals surface area contributed by atoms with Gasteiger partial charge < -0.3 is 14.9 Å². The molecule has 7 heteroatoms. The molecule has 0 aliphatic heterocycles. The van der Waals surface area contributed by atoms with Crippen LogP contribution >= 0.6 is 0 Å². The van der Waals surface area contributed by atoms with Gasteiger partial charge in [-0.15, -0.1) is 0 Å². The molecule has 0 atom stereocenters. The maximum Gasteiger partial charge on any atom is 0.262 e. The SMILES string of the molecule is O=C([O-])c1[nH]nc2nc[nH]c(=O)c12. The fourth-order valence-corrected chi connectivity index (χ4v) is 1.01. The molecule has 2 rings (SSSR count). The maximum atomic E-state index is 11.1. The van der Waals surface area contributed by atoms with Crippen molar-refractivity contribution < 1.29 is 9.90 Å². The van der Waals surface area contributed by atoms with Gasteiger partial charge in [-0.25, -0.2) is 4.98 Å². The van der Waals surface area contributed by atoms with E-state index in [1.54, 1.807) is 0 Å². The Balaban J connectivity index is 2.95. The molecule has 0 saturated carbocycles. The largest absolute Gasteiger partial charge is 0.543 e. The third-order valence-electron chi connectivity index (χ3n) is 1.56. The number of rotatable bonds is 1. The van der Waals surface area contributed by atoms with Crippen molar-refractivity contribution in [2.75, 3.05) is 0 Å². The molecule has 0 spiro atoms. The second-order valence-electron chi connectivity index (χ2n) is 2.32. The first-order valence-electron chi connectivity index (χ1n) is 3.33. The van der Waals surface area contributed by atoms with Crippen LogP contribution in [0.2, 0.25) is 0 Å². The molecule has 2 aromatic heterocycles. The Morgan fingerprint density at radius 2 is 2.31 bits per heavy atom. The van der Waals surface area contributed by atoms with Crippen molar-refractivity contribution in [3.05, 3.63) is 22.4 Å². The molecule has 2 N–H and O–H groups in total. The van der Waals surface area contributed by atoms with Crippen LogP contribution in [0, 0.1) is 0 Å². The molecule has 0 bridgehead atoms. The molecule has 0 aliphatic rings. The van der Waals surface area contributed by atoms with E-state index in [0.717, 1.165) is 6.33 Å². The minimum absolute atomic E-state index is 0.0583. The van der Waals surface area contributed by atoms with Gasteiger partial charge in [0.25, 0.3) is 5.56 Å². The second-order valence-corrected chi connectivity index (χ2v) is 2.32. The normalized spacial score (nSPS) is 10.5. The molecular formula is C6H3N4O3-. The molecule has 2 aromatic rings. The fraction of sp³-hybridized carbons (Fsp3) is 0. The molecular weight excluding hydrogens is 176 g/mol. The zero-order chi connectivity index (χ0) is 9.42. The lowest BCUT2D eigenvalue weighted by atomic mass is 10.3. The predicted octanol–water partition coefficient (Wildman–Crippen LogP) is -1.99. The maximum absolute atomic E-state index is 11.1. The lowest BCUT2D eigenvalue weighted by molar-refractivity contribution is -0.255. The number of aromatic nitrogens is 4. The summed E-state index contributed by atoms with van der Waals surface area (Å²) in [7, 11) is 0. The van der Waals surface area contributed by atoms with Gasteiger partial charge in [-0.1, -0.05) is 0 Å². The average Bonchev–Trinajstić information content (AvgIpc) is 2.49. The molecule has 2 heterocycles. The van der Waals surface area contributed by atoms with Gasteiger partial charge in [-0.05, 0) is 0 Å². The molecule has 66 valence electrons. The summed E-state index contributed by atoms with van der Waals surface area (Å²) in [6.45, 7) is 0. The van der Waals surface area contributed by atoms with Crippen LogP contribution in [-0.4, -0.2) is 26.1 Å². The summed E-state index contributed by atoms with van der Waals surface area (Å²) in [6, 6.07) is 0. The van der Waals surface area contributed by atoms with Crippen LogP contribution in [0.25, 0.3) is 11.0 Å². The zero-order valence-corrected chi connectivity index (χ0v) is 6.20. The Labute approximate surface area is 70.4 Å². The van der Waals surface area contributed by atoms with E-state index in [-0.39, 0.29) is 16.7 Å². The molecule has 0 aliphatic carbocycles. The summed E-state index contributed by atoms with van der Waals surface area (Å²) in [5.41, 5.74) is -0.856. The Hall–Kier alpha value is -2.18. The number of hydrogen-bond acceptors (Lipinski definition) is 5. The predicted molar refractivity (Wildman–Crippen MR) is 38.8 cm³/mol. The first-order valence-corrected chi connectivity index (χ1v) is 3.33. The van der Waals surface area contributed by atoms with Gasteiger partial charge in [0, 0.05) is 0 Å². The van der Waals surface area contributed by atoms with Gasteiger partial charge in [0.2, 0.25) is 0 Å². The van der Waals surface area contributed by atoms with E-state index in [1.807, 2.05) is 0 Å². The molecule has 0 fully saturated rings. The standard InChI is InChI=1S/C6H4N4O3/c11-5-2-3(6(12)13)9-10-4(2)7-1-8-5/h1H,(H,12,13)(H2,7,8,9,10,11)/p-1. The molecule has 0 amide bonds. The summed E-state index contributed by atoms with van der Waals surface area (Å²) >= 11 is 0. The number of aromatic carboxylic acids is 1. The van der Waals surface area contributed by atoms with Crippen LogP contribution in [-0.2, 0) is 0 Å². The minimum atomic E-state index is -1.49. The topological polar surface area (TPSA) is 115 Å². The summed E-state index contributed by atoms with van der Waals surface area (Å²) in [6.07, 6.45) is 1.14. The number of fused-ring (bicyclic) bond motifs is 1. The first kappa shape index (κ1) is 7.47. The third-order valence-corrected chi connectivity index (χ3v) is 1.56. The van der Waals surface area contributed by atoms with Crippen molar-refractivity contribution in [1.82, 2.24) is 20.2 Å². The number of nitrogens with one attached hydrogen (secondary N) is 2. The molecule has 0 saturated heterocycles. The Kier molecular flexibility index (Phi) is 1.38. The van der Waals surface area contributed by atoms with E-state index >= 15 is 0 Å². The molecule has 0 aromatic carbocycles. The van der Waals surface area contributed by atoms with Gasteiger partial charge in [0.1, 0.15) is 5.39 Å². The second kappa shape index (κ2) is 2.41. The van der Waals surface area contributed by atoms with Gasteiger partial charge in [-0.3, -0.25) is 9.89 Å². The van der Waals surface area contributed by atoms with Gasteiger partial charge in [0.05, 0.1) is 18.0 Å². The summed E-state index contributed by atoms with van der Waals surface area (Å²) in [4.78, 5) is 27.5. The van der Waals surface area contributed by atoms with Crippen LogP contribution in [0.15, 0.2) is 11.1 Å². The number of carbonyl (C=O) groups is 1. The smallest absolute Gasteiger partial charge is 0.262 e. The van der Waals surface area contributed by atoms with Crippen molar-refractivity contribution in [2.45, 2.75) is 0 Å². The van der Waals surface area contributed by atoms with E-state index in [1.165, 1.54) is 0 Å². The Morgan fingerprint density at radius 1 is 1.54 bits per heavy atom. The number of carboxylic acid groups (broad SMARTS) is 1. The number of aromatic amines is 2. The molecule has 0 unspecified atom stereocenters. The van der Waals surface area contributed by atoms with Crippen molar-refractivity contribution in [3.63, 3.8) is 0 Å². The lowest BCUT2D eigenvalue weighted by Crippen LogP contribution is -2.24. The quantitative estimate of drug-likeness (QED) is 0.525. The highest BCUT2D eigenvalue weighted by molar-refractivity contribution is 5.98. The number of H-pyrrole nitrogens is 2. The van der Waals surface area contributed by atoms with Crippen LogP contribution in [0.3, 0.4) is 0 Å². The zero-order valence-electron chi connectivity index (χ0n) is 6.20. The van der Waals surface area contributed by atoms with Crippen molar-refractivity contribution in [1.29, 1.82) is 0 Å². The number of hydrogen-bond donors (Lipinski definition) is 2. The number of carbonyl (C=O) groups excluding carboxylic acids is 1. The van der Waals surface area contributed by atoms with E-state index in [0.29, 0.717) is 0 Å². The monoisotopic (exact) mass is 179 g/mol. The minimum Gasteiger partial charge on any atom is -0.543 e. The van der Waals surface area contributed by atoms with Crippen molar-refractivity contribution in [3.8, 4) is 0 Å². The average molecular weight is 179 g/mol. The van der Waals surface area contributed by atoms with E-state index in [9.17, 15) is 14.7 Å². The number of carboxylic acids is 1. The molecule has 0 radical (unpaired) electrons. The molecule has 13 heavy (non-hydrogen) atoms. The Morgan fingerprint density at radius 3 is 3.00 bits per heavy atom. The van der Waals surface area contributed by atoms with E-state index in [2.05, 4.69) is 20.2 Å². The summed E-state index contributed by atoms with van der Waals surface area (Å²) in [5.74, 6) is -1.49. The highest BCUT2D eigenvalue weighted by Gasteiger charge is 2.09. The highest BCUT2D eigenvalue weighted by atomic mass is 16.4. The highest BCUT2D eigenvalue weighted by Crippen LogP contribution is 2.05. The van der Waals surface area contributed by atoms with Crippen LogP contribution < -0.4 is 10.7 Å². The van der Waals surface area contributed by atoms with Gasteiger partial charge in [-0.2, -0.15) is 5.10 Å². The number of nitrogens with zero attached hydrogens (tertiary/aromatic N) is 2. The fourth-order valence-electron chi connectivity index (χ4n) is 1.01. The van der Waals surface area contributed by atoms with Crippen molar-refractivity contribution >= 4 is 17.0 Å². The summed E-state index contributed by atoms with van der Waals surface area (Å²) < 4.78 is 0. The third kappa shape index (κ3) is 0.975. The van der Waals surface area contributed by atoms with Crippen molar-refractivity contribution in [2.24, 2.45) is 0 Å². The first-order chi connectivity index (χ1) is 6.20. The summed E-state index contributed by atoms with van der Waals surface area (Å²) in [5, 5.41) is 16.1. The van der Waals surface area contributed by atoms with E-state index < -0.39 is 11.5 Å². The molecule has 7 nitrogen and oxygen atoms in total. The van der Waals surface area contributed by atoms with Gasteiger partial charge >= 0.3 is 0 Å². The Bertz CT molecular complexity index is 526. The van der Waals surface area contributed by atoms with Crippen LogP contribution in [0.1, 0.15) is 10.5 Å². The van der Waals surface area contributed by atoms with Crippen LogP contribution in [0.4, 0.5) is 0 Å². The lowest BCUT2D eigenvalue weighted by Gasteiger charge is -1.95. The van der Waals surface area contributed by atoms with E-state index in [4.69, 9.17) is 0 Å². The van der Waals surface area contributed by atoms with Crippen LogP contribution in [0.5, 0.6) is 0 Å².